The van der Waals surface area contributed by atoms with Gasteiger partial charge in [-0.3, -0.25) is 0 Å². The Kier molecular flexibility index (Phi) is 2.72. The van der Waals surface area contributed by atoms with E-state index < -0.39 is 0 Å². The summed E-state index contributed by atoms with van der Waals surface area (Å²) in [5, 5.41) is 0. The number of hydrogen-bond acceptors (Lipinski definition) is 3. The first-order chi connectivity index (χ1) is 11.9. The van der Waals surface area contributed by atoms with E-state index in [-0.39, 0.29) is 0 Å². The van der Waals surface area contributed by atoms with Crippen LogP contribution in [-0.2, 0) is 0 Å². The molecule has 0 aliphatic heterocycles. The first kappa shape index (κ1) is 13.0. The zero-order valence-electron chi connectivity index (χ0n) is 12.7. The predicted molar refractivity (Wildman–Crippen MR) is 92.6 cm³/mol. The predicted octanol–water partition coefficient (Wildman–Crippen LogP) is 3.71. The van der Waals surface area contributed by atoms with Gasteiger partial charge in [-0.15, -0.1) is 0 Å². The quantitative estimate of drug-likeness (QED) is 0.499. The smallest absolute Gasteiger partial charge is 0.137 e. The van der Waals surface area contributed by atoms with E-state index in [0.29, 0.717) is 0 Å². The average Bonchev–Trinajstić information content (AvgIpc) is 3.26. The van der Waals surface area contributed by atoms with Crippen LogP contribution < -0.4 is 0 Å². The Morgan fingerprint density at radius 3 is 1.54 bits per heavy atom. The monoisotopic (exact) mass is 311 g/mol. The molecule has 0 radical (unpaired) electrons. The highest BCUT2D eigenvalue weighted by molar-refractivity contribution is 5.65. The number of rotatable bonds is 2. The highest BCUT2D eigenvalue weighted by atomic mass is 15.0. The maximum Gasteiger partial charge on any atom is 0.137 e. The standard InChI is InChI=1S/C19H13N5/c1-3-10-23-12-16(21-18(23)8-1)14-6-5-7-15(20-14)17-13-24-11-4-2-9-19(24)22-17/h1-13H. The van der Waals surface area contributed by atoms with Crippen molar-refractivity contribution in [2.45, 2.75) is 0 Å². The molecule has 0 aliphatic rings. The van der Waals surface area contributed by atoms with Gasteiger partial charge in [0, 0.05) is 24.8 Å². The van der Waals surface area contributed by atoms with E-state index in [9.17, 15) is 0 Å². The van der Waals surface area contributed by atoms with Crippen molar-refractivity contribution in [3.05, 3.63) is 79.4 Å². The van der Waals surface area contributed by atoms with Crippen LogP contribution in [0.4, 0.5) is 0 Å². The van der Waals surface area contributed by atoms with E-state index in [0.717, 1.165) is 34.1 Å². The minimum absolute atomic E-state index is 0.841. The van der Waals surface area contributed by atoms with Crippen molar-refractivity contribution in [1.29, 1.82) is 0 Å². The number of pyridine rings is 3. The molecule has 0 saturated carbocycles. The molecular formula is C19H13N5. The third-order valence-electron chi connectivity index (χ3n) is 4.00. The molecular weight excluding hydrogens is 298 g/mol. The first-order valence-electron chi connectivity index (χ1n) is 7.72. The van der Waals surface area contributed by atoms with Gasteiger partial charge in [-0.05, 0) is 36.4 Å². The highest BCUT2D eigenvalue weighted by Crippen LogP contribution is 2.22. The Morgan fingerprint density at radius 1 is 0.500 bits per heavy atom. The molecule has 0 N–H and O–H groups in total. The maximum atomic E-state index is 4.75. The van der Waals surface area contributed by atoms with Crippen LogP contribution >= 0.6 is 0 Å². The van der Waals surface area contributed by atoms with Crippen LogP contribution in [0.5, 0.6) is 0 Å². The van der Waals surface area contributed by atoms with Crippen molar-refractivity contribution in [3.63, 3.8) is 0 Å². The molecule has 0 aliphatic carbocycles. The molecule has 0 atom stereocenters. The summed E-state index contributed by atoms with van der Waals surface area (Å²) in [5.41, 5.74) is 5.21. The van der Waals surface area contributed by atoms with Crippen molar-refractivity contribution >= 4 is 11.3 Å². The van der Waals surface area contributed by atoms with Gasteiger partial charge in [0.25, 0.3) is 0 Å². The molecule has 5 rings (SSSR count). The van der Waals surface area contributed by atoms with Crippen molar-refractivity contribution in [2.24, 2.45) is 0 Å². The van der Waals surface area contributed by atoms with Gasteiger partial charge in [-0.1, -0.05) is 18.2 Å². The fourth-order valence-electron chi connectivity index (χ4n) is 2.84. The second-order valence-corrected chi connectivity index (χ2v) is 5.59. The van der Waals surface area contributed by atoms with Gasteiger partial charge in [-0.25, -0.2) is 15.0 Å². The zero-order valence-corrected chi connectivity index (χ0v) is 12.7. The lowest BCUT2D eigenvalue weighted by Gasteiger charge is -1.99. The van der Waals surface area contributed by atoms with E-state index in [4.69, 9.17) is 4.98 Å². The summed E-state index contributed by atoms with van der Waals surface area (Å²) in [6.45, 7) is 0. The average molecular weight is 311 g/mol. The Morgan fingerprint density at radius 2 is 1.04 bits per heavy atom. The second kappa shape index (κ2) is 5.03. The summed E-state index contributed by atoms with van der Waals surface area (Å²) in [7, 11) is 0. The Labute approximate surface area is 137 Å². The Hall–Kier alpha value is -3.47. The Bertz CT molecular complexity index is 1010. The van der Waals surface area contributed by atoms with Gasteiger partial charge in [0.15, 0.2) is 0 Å². The number of aromatic nitrogens is 5. The Balaban J connectivity index is 1.62. The molecule has 5 aromatic heterocycles. The lowest BCUT2D eigenvalue weighted by atomic mass is 10.2. The third kappa shape index (κ3) is 2.06. The molecule has 5 nitrogen and oxygen atoms in total. The molecule has 5 heterocycles. The van der Waals surface area contributed by atoms with Crippen LogP contribution in [0.15, 0.2) is 79.4 Å². The van der Waals surface area contributed by atoms with E-state index in [1.807, 2.05) is 88.2 Å². The summed E-state index contributed by atoms with van der Waals surface area (Å²) in [6, 6.07) is 17.8. The van der Waals surface area contributed by atoms with Gasteiger partial charge in [0.2, 0.25) is 0 Å². The van der Waals surface area contributed by atoms with Gasteiger partial charge in [0.05, 0.1) is 11.4 Å². The van der Waals surface area contributed by atoms with E-state index in [1.54, 1.807) is 0 Å². The highest BCUT2D eigenvalue weighted by Gasteiger charge is 2.09. The number of imidazole rings is 2. The molecule has 0 bridgehead atoms. The van der Waals surface area contributed by atoms with Crippen molar-refractivity contribution in [3.8, 4) is 22.8 Å². The third-order valence-corrected chi connectivity index (χ3v) is 4.00. The zero-order chi connectivity index (χ0) is 15.9. The lowest BCUT2D eigenvalue weighted by Crippen LogP contribution is -1.87. The summed E-state index contributed by atoms with van der Waals surface area (Å²) in [5.74, 6) is 0. The minimum Gasteiger partial charge on any atom is -0.306 e. The van der Waals surface area contributed by atoms with Crippen LogP contribution in [-0.4, -0.2) is 23.8 Å². The molecule has 24 heavy (non-hydrogen) atoms. The fourth-order valence-corrected chi connectivity index (χ4v) is 2.84. The van der Waals surface area contributed by atoms with Crippen LogP contribution in [0.25, 0.3) is 34.1 Å². The van der Waals surface area contributed by atoms with Crippen LogP contribution in [0.1, 0.15) is 0 Å². The molecule has 0 unspecified atom stereocenters. The van der Waals surface area contributed by atoms with Crippen molar-refractivity contribution < 1.29 is 0 Å². The van der Waals surface area contributed by atoms with Crippen LogP contribution in [0.2, 0.25) is 0 Å². The van der Waals surface area contributed by atoms with Gasteiger partial charge in [0.1, 0.15) is 22.7 Å². The summed E-state index contributed by atoms with van der Waals surface area (Å²) >= 11 is 0. The molecule has 0 fully saturated rings. The molecule has 5 heteroatoms. The summed E-state index contributed by atoms with van der Waals surface area (Å²) in [4.78, 5) is 14.0. The number of nitrogens with zero attached hydrogens (tertiary/aromatic N) is 5. The van der Waals surface area contributed by atoms with Crippen molar-refractivity contribution in [1.82, 2.24) is 23.8 Å². The number of fused-ring (bicyclic) bond motifs is 2. The molecule has 0 spiro atoms. The number of hydrogen-bond donors (Lipinski definition) is 0. The largest absolute Gasteiger partial charge is 0.306 e. The van der Waals surface area contributed by atoms with Crippen LogP contribution in [0, 0.1) is 0 Å². The first-order valence-corrected chi connectivity index (χ1v) is 7.72. The SMILES string of the molecule is c1cc(-c2cn3ccccc3n2)nc(-c2cn3ccccc3n2)c1. The van der Waals surface area contributed by atoms with Gasteiger partial charge in [-0.2, -0.15) is 0 Å². The fraction of sp³-hybridized carbons (Fsp3) is 0. The lowest BCUT2D eigenvalue weighted by molar-refractivity contribution is 1.19. The normalized spacial score (nSPS) is 11.3. The summed E-state index contributed by atoms with van der Waals surface area (Å²) < 4.78 is 3.99. The maximum absolute atomic E-state index is 4.75. The van der Waals surface area contributed by atoms with E-state index in [1.165, 1.54) is 0 Å². The van der Waals surface area contributed by atoms with E-state index >= 15 is 0 Å². The molecule has 0 saturated heterocycles. The molecule has 0 aromatic carbocycles. The van der Waals surface area contributed by atoms with Crippen molar-refractivity contribution in [2.75, 3.05) is 0 Å². The molecule has 114 valence electrons. The minimum atomic E-state index is 0.841. The van der Waals surface area contributed by atoms with Gasteiger partial charge < -0.3 is 8.80 Å². The second-order valence-electron chi connectivity index (χ2n) is 5.59. The van der Waals surface area contributed by atoms with Crippen LogP contribution in [0.3, 0.4) is 0 Å². The van der Waals surface area contributed by atoms with E-state index in [2.05, 4.69) is 9.97 Å². The molecule has 5 aromatic rings. The topological polar surface area (TPSA) is 47.5 Å². The molecule has 0 amide bonds. The summed E-state index contributed by atoms with van der Waals surface area (Å²) in [6.07, 6.45) is 7.95. The van der Waals surface area contributed by atoms with Gasteiger partial charge >= 0.3 is 0 Å².